The Balaban J connectivity index is 1.19. The fourth-order valence-corrected chi connectivity index (χ4v) is 5.44. The van der Waals surface area contributed by atoms with E-state index in [0.29, 0.717) is 62.9 Å². The van der Waals surface area contributed by atoms with Gasteiger partial charge in [-0.05, 0) is 49.1 Å². The van der Waals surface area contributed by atoms with Gasteiger partial charge in [-0.1, -0.05) is 60.7 Å². The Morgan fingerprint density at radius 3 is 2.14 bits per heavy atom. The van der Waals surface area contributed by atoms with Gasteiger partial charge >= 0.3 is 5.69 Å². The lowest BCUT2D eigenvalue weighted by Crippen LogP contribution is -2.50. The number of nitrogens with zero attached hydrogens (tertiary/aromatic N) is 4. The average Bonchev–Trinajstić information content (AvgIpc) is 3.03. The van der Waals surface area contributed by atoms with Gasteiger partial charge in [0.2, 0.25) is 11.8 Å². The van der Waals surface area contributed by atoms with Crippen molar-refractivity contribution in [1.82, 2.24) is 19.4 Å². The summed E-state index contributed by atoms with van der Waals surface area (Å²) in [5, 5.41) is 3.33. The molecule has 0 unspecified atom stereocenters. The van der Waals surface area contributed by atoms with Crippen LogP contribution in [0.3, 0.4) is 0 Å². The summed E-state index contributed by atoms with van der Waals surface area (Å²) in [7, 11) is 0. The van der Waals surface area contributed by atoms with Crippen LogP contribution in [0.15, 0.2) is 94.5 Å². The Morgan fingerprint density at radius 1 is 0.738 bits per heavy atom. The standard InChI is InChI=1S/C33H37N5O4/c39-30(34-19-18-26-11-3-1-4-12-26)17-9-10-20-37-32(41)28-15-7-8-16-29(28)38(33(37)42)25-31(40)36-23-21-35(22-24-36)27-13-5-2-6-14-27/h1-8,11-16H,9-10,17-25H2,(H,34,39). The van der Waals surface area contributed by atoms with E-state index >= 15 is 0 Å². The van der Waals surface area contributed by atoms with E-state index in [1.54, 1.807) is 29.2 Å². The summed E-state index contributed by atoms with van der Waals surface area (Å²) in [5.41, 5.74) is 1.88. The van der Waals surface area contributed by atoms with Gasteiger partial charge in [0.05, 0.1) is 10.9 Å². The monoisotopic (exact) mass is 567 g/mol. The molecular weight excluding hydrogens is 530 g/mol. The summed E-state index contributed by atoms with van der Waals surface area (Å²) in [6.45, 7) is 3.17. The van der Waals surface area contributed by atoms with Gasteiger partial charge in [0.1, 0.15) is 6.54 Å². The van der Waals surface area contributed by atoms with Crippen LogP contribution in [-0.2, 0) is 29.1 Å². The summed E-state index contributed by atoms with van der Waals surface area (Å²) < 4.78 is 2.62. The number of para-hydroxylation sites is 2. The molecule has 2 heterocycles. The second-order valence-electron chi connectivity index (χ2n) is 10.6. The van der Waals surface area contributed by atoms with Crippen LogP contribution in [-0.4, -0.2) is 58.6 Å². The summed E-state index contributed by atoms with van der Waals surface area (Å²) in [6.07, 6.45) is 2.12. The molecule has 1 aliphatic heterocycles. The Labute approximate surface area is 245 Å². The Morgan fingerprint density at radius 2 is 1.40 bits per heavy atom. The number of rotatable bonds is 11. The molecule has 218 valence electrons. The predicted octanol–water partition coefficient (Wildman–Crippen LogP) is 3.04. The van der Waals surface area contributed by atoms with E-state index in [0.717, 1.165) is 17.7 Å². The lowest BCUT2D eigenvalue weighted by Gasteiger charge is -2.36. The summed E-state index contributed by atoms with van der Waals surface area (Å²) in [4.78, 5) is 56.4. The van der Waals surface area contributed by atoms with Crippen molar-refractivity contribution in [2.24, 2.45) is 0 Å². The number of hydrogen-bond donors (Lipinski definition) is 1. The zero-order valence-corrected chi connectivity index (χ0v) is 23.8. The highest BCUT2D eigenvalue weighted by Gasteiger charge is 2.23. The maximum absolute atomic E-state index is 13.5. The van der Waals surface area contributed by atoms with Crippen molar-refractivity contribution < 1.29 is 9.59 Å². The molecule has 0 bridgehead atoms. The summed E-state index contributed by atoms with van der Waals surface area (Å²) in [6, 6.07) is 27.0. The zero-order chi connectivity index (χ0) is 29.3. The minimum Gasteiger partial charge on any atom is -0.368 e. The van der Waals surface area contributed by atoms with Gasteiger partial charge in [-0.15, -0.1) is 0 Å². The maximum Gasteiger partial charge on any atom is 0.331 e. The quantitative estimate of drug-likeness (QED) is 0.281. The van der Waals surface area contributed by atoms with Crippen molar-refractivity contribution in [3.63, 3.8) is 0 Å². The third kappa shape index (κ3) is 6.97. The first kappa shape index (κ1) is 28.9. The van der Waals surface area contributed by atoms with E-state index in [9.17, 15) is 19.2 Å². The van der Waals surface area contributed by atoms with Crippen LogP contribution in [0.25, 0.3) is 10.9 Å². The molecule has 0 aliphatic carbocycles. The number of aromatic nitrogens is 2. The Bertz CT molecular complexity index is 1620. The first-order valence-electron chi connectivity index (χ1n) is 14.6. The number of hydrogen-bond acceptors (Lipinski definition) is 5. The minimum absolute atomic E-state index is 0.0489. The molecule has 0 atom stereocenters. The smallest absolute Gasteiger partial charge is 0.331 e. The number of unbranched alkanes of at least 4 members (excludes halogenated alkanes) is 1. The number of benzene rings is 3. The molecule has 42 heavy (non-hydrogen) atoms. The van der Waals surface area contributed by atoms with Crippen molar-refractivity contribution in [3.8, 4) is 0 Å². The van der Waals surface area contributed by atoms with Gasteiger partial charge in [-0.2, -0.15) is 0 Å². The molecule has 1 N–H and O–H groups in total. The molecule has 1 aromatic heterocycles. The molecule has 9 heteroatoms. The number of anilines is 1. The van der Waals surface area contributed by atoms with Gasteiger partial charge in [-0.25, -0.2) is 4.79 Å². The van der Waals surface area contributed by atoms with Crippen LogP contribution < -0.4 is 21.5 Å². The van der Waals surface area contributed by atoms with Crippen molar-refractivity contribution in [2.75, 3.05) is 37.6 Å². The third-order valence-corrected chi connectivity index (χ3v) is 7.79. The first-order valence-corrected chi connectivity index (χ1v) is 14.6. The molecule has 0 spiro atoms. The van der Waals surface area contributed by atoms with Crippen LogP contribution in [0.5, 0.6) is 0 Å². The van der Waals surface area contributed by atoms with E-state index in [-0.39, 0.29) is 30.5 Å². The van der Waals surface area contributed by atoms with E-state index in [1.807, 2.05) is 48.5 Å². The highest BCUT2D eigenvalue weighted by molar-refractivity contribution is 5.82. The molecule has 1 aliphatic rings. The normalized spacial score (nSPS) is 13.3. The molecule has 0 radical (unpaired) electrons. The maximum atomic E-state index is 13.5. The number of fused-ring (bicyclic) bond motifs is 1. The van der Waals surface area contributed by atoms with Gasteiger partial charge in [-0.3, -0.25) is 23.5 Å². The summed E-state index contributed by atoms with van der Waals surface area (Å²) >= 11 is 0. The highest BCUT2D eigenvalue weighted by atomic mass is 16.2. The number of carbonyl (C=O) groups excluding carboxylic acids is 2. The molecule has 2 amide bonds. The predicted molar refractivity (Wildman–Crippen MR) is 165 cm³/mol. The van der Waals surface area contributed by atoms with Crippen LogP contribution in [0.2, 0.25) is 0 Å². The molecule has 1 fully saturated rings. The first-order chi connectivity index (χ1) is 20.5. The van der Waals surface area contributed by atoms with E-state index in [1.165, 1.54) is 9.13 Å². The van der Waals surface area contributed by atoms with Crippen LogP contribution >= 0.6 is 0 Å². The largest absolute Gasteiger partial charge is 0.368 e. The lowest BCUT2D eigenvalue weighted by atomic mass is 10.1. The minimum atomic E-state index is -0.498. The van der Waals surface area contributed by atoms with Gasteiger partial charge in [0, 0.05) is 51.4 Å². The van der Waals surface area contributed by atoms with Crippen molar-refractivity contribution >= 4 is 28.4 Å². The zero-order valence-electron chi connectivity index (χ0n) is 23.8. The van der Waals surface area contributed by atoms with E-state index in [2.05, 4.69) is 22.3 Å². The second kappa shape index (κ2) is 13.8. The van der Waals surface area contributed by atoms with Gasteiger partial charge in [0.15, 0.2) is 0 Å². The summed E-state index contributed by atoms with van der Waals surface area (Å²) in [5.74, 6) is -0.195. The van der Waals surface area contributed by atoms with Crippen LogP contribution in [0.4, 0.5) is 5.69 Å². The van der Waals surface area contributed by atoms with E-state index in [4.69, 9.17) is 0 Å². The fourth-order valence-electron chi connectivity index (χ4n) is 5.44. The lowest BCUT2D eigenvalue weighted by molar-refractivity contribution is -0.132. The molecule has 5 rings (SSSR count). The van der Waals surface area contributed by atoms with E-state index < -0.39 is 5.69 Å². The molecule has 0 saturated carbocycles. The molecule has 4 aromatic rings. The molecular formula is C33H37N5O4. The average molecular weight is 568 g/mol. The van der Waals surface area contributed by atoms with Crippen molar-refractivity contribution in [2.45, 2.75) is 38.8 Å². The topological polar surface area (TPSA) is 96.7 Å². The van der Waals surface area contributed by atoms with Crippen molar-refractivity contribution in [1.29, 1.82) is 0 Å². The Kier molecular flexibility index (Phi) is 9.48. The third-order valence-electron chi connectivity index (χ3n) is 7.79. The Hall–Kier alpha value is -4.66. The second-order valence-corrected chi connectivity index (χ2v) is 10.6. The SMILES string of the molecule is O=C(CCCCn1c(=O)c2ccccc2n(CC(=O)N2CCN(c3ccccc3)CC2)c1=O)NCCc1ccccc1. The number of piperazine rings is 1. The number of carbonyl (C=O) groups is 2. The molecule has 3 aromatic carbocycles. The van der Waals surface area contributed by atoms with Crippen LogP contribution in [0.1, 0.15) is 24.8 Å². The van der Waals surface area contributed by atoms with Gasteiger partial charge in [0.25, 0.3) is 5.56 Å². The molecule has 9 nitrogen and oxygen atoms in total. The fraction of sp³-hybridized carbons (Fsp3) is 0.333. The molecule has 1 saturated heterocycles. The van der Waals surface area contributed by atoms with Gasteiger partial charge < -0.3 is 15.1 Å². The van der Waals surface area contributed by atoms with Crippen molar-refractivity contribution in [3.05, 3.63) is 111 Å². The number of amides is 2. The van der Waals surface area contributed by atoms with Crippen LogP contribution in [0, 0.1) is 0 Å². The number of nitrogens with one attached hydrogen (secondary N) is 1. The highest BCUT2D eigenvalue weighted by Crippen LogP contribution is 2.16.